The number of nitrogens with zero attached hydrogens (tertiary/aromatic N) is 1. The average molecular weight is 479 g/mol. The van der Waals surface area contributed by atoms with Gasteiger partial charge in [0.05, 0.1) is 23.4 Å². The summed E-state index contributed by atoms with van der Waals surface area (Å²) in [5, 5.41) is 9.92. The van der Waals surface area contributed by atoms with Crippen LogP contribution >= 0.6 is 11.6 Å². The molecule has 1 aromatic heterocycles. The normalized spacial score (nSPS) is 14.7. The summed E-state index contributed by atoms with van der Waals surface area (Å²) in [4.78, 5) is 15.6. The molecule has 0 fully saturated rings. The van der Waals surface area contributed by atoms with E-state index in [2.05, 4.69) is 9.71 Å². The number of methoxy groups -OCH3 is 1. The van der Waals surface area contributed by atoms with E-state index in [1.807, 2.05) is 0 Å². The van der Waals surface area contributed by atoms with Crippen molar-refractivity contribution in [2.24, 2.45) is 0 Å². The van der Waals surface area contributed by atoms with Crippen LogP contribution in [0.3, 0.4) is 0 Å². The first-order valence-electron chi connectivity index (χ1n) is 9.16. The Balaban J connectivity index is 2.04. The number of aryl methyl sites for hydroxylation is 1. The Hall–Kier alpha value is -3.37. The summed E-state index contributed by atoms with van der Waals surface area (Å²) in [6.45, 7) is 1.38. The topological polar surface area (TPSA) is 115 Å². The van der Waals surface area contributed by atoms with E-state index >= 15 is 0 Å². The third-order valence-electron chi connectivity index (χ3n) is 4.90. The van der Waals surface area contributed by atoms with Gasteiger partial charge in [-0.3, -0.25) is 4.72 Å². The molecule has 8 nitrogen and oxygen atoms in total. The number of rotatable bonds is 1. The molecule has 3 aromatic rings. The van der Waals surface area contributed by atoms with Crippen LogP contribution in [0.15, 0.2) is 41.4 Å². The second kappa shape index (κ2) is 7.95. The fraction of sp³-hybridized carbons (Fsp3) is 0.143. The molecule has 2 heterocycles. The van der Waals surface area contributed by atoms with Crippen molar-refractivity contribution in [3.8, 4) is 22.6 Å². The second-order valence-corrected chi connectivity index (χ2v) is 9.08. The van der Waals surface area contributed by atoms with E-state index in [1.165, 1.54) is 19.4 Å². The molecule has 2 N–H and O–H groups in total. The molecule has 2 aromatic carbocycles. The first-order chi connectivity index (χ1) is 15.1. The number of cyclic esters (lactones) is 1. The van der Waals surface area contributed by atoms with Gasteiger partial charge in [0.15, 0.2) is 5.75 Å². The summed E-state index contributed by atoms with van der Waals surface area (Å²) in [5.41, 5.74) is 1.64. The number of pyridine rings is 1. The fourth-order valence-electron chi connectivity index (χ4n) is 3.45. The number of phenols is 1. The molecule has 0 amide bonds. The monoisotopic (exact) mass is 478 g/mol. The SMILES string of the molecule is COc1c(C)cc2cc1NS(=O)(=O)c1cc(cc(Cl)c1O)C(=O)OCc1cc(F)ncc1-2. The fourth-order valence-corrected chi connectivity index (χ4v) is 4.92. The highest BCUT2D eigenvalue weighted by molar-refractivity contribution is 7.92. The van der Waals surface area contributed by atoms with Crippen LogP contribution in [-0.2, 0) is 21.4 Å². The van der Waals surface area contributed by atoms with E-state index in [9.17, 15) is 22.7 Å². The molecule has 0 unspecified atom stereocenters. The van der Waals surface area contributed by atoms with E-state index in [0.717, 1.165) is 18.2 Å². The Morgan fingerprint density at radius 1 is 1.22 bits per heavy atom. The van der Waals surface area contributed by atoms with Crippen LogP contribution in [0.5, 0.6) is 11.5 Å². The smallest absolute Gasteiger partial charge is 0.338 e. The van der Waals surface area contributed by atoms with Crippen molar-refractivity contribution in [1.29, 1.82) is 0 Å². The molecule has 0 spiro atoms. The summed E-state index contributed by atoms with van der Waals surface area (Å²) < 4.78 is 53.1. The Morgan fingerprint density at radius 2 is 1.97 bits per heavy atom. The van der Waals surface area contributed by atoms with E-state index in [-0.39, 0.29) is 28.6 Å². The lowest BCUT2D eigenvalue weighted by Crippen LogP contribution is -2.15. The number of carbonyl (C=O) groups excluding carboxylic acids is 1. The number of esters is 1. The highest BCUT2D eigenvalue weighted by Crippen LogP contribution is 2.39. The predicted octanol–water partition coefficient (Wildman–Crippen LogP) is 4.03. The number of nitrogens with one attached hydrogen (secondary N) is 1. The van der Waals surface area contributed by atoms with Gasteiger partial charge in [0.1, 0.15) is 17.3 Å². The molecule has 166 valence electrons. The summed E-state index contributed by atoms with van der Waals surface area (Å²) in [7, 11) is -3.04. The Kier molecular flexibility index (Phi) is 5.43. The molecule has 0 aliphatic carbocycles. The molecule has 0 atom stereocenters. The van der Waals surface area contributed by atoms with Crippen LogP contribution in [0.2, 0.25) is 5.02 Å². The number of aromatic hydroxyl groups is 1. The Bertz CT molecular complexity index is 1380. The molecule has 1 aliphatic rings. The highest BCUT2D eigenvalue weighted by atomic mass is 35.5. The van der Waals surface area contributed by atoms with Crippen LogP contribution in [0.1, 0.15) is 21.5 Å². The highest BCUT2D eigenvalue weighted by Gasteiger charge is 2.27. The van der Waals surface area contributed by atoms with Gasteiger partial charge < -0.3 is 14.6 Å². The van der Waals surface area contributed by atoms with E-state index < -0.39 is 32.6 Å². The number of halogens is 2. The predicted molar refractivity (Wildman–Crippen MR) is 114 cm³/mol. The van der Waals surface area contributed by atoms with E-state index in [1.54, 1.807) is 13.0 Å². The number of anilines is 1. The number of phenolic OH excluding ortho intramolecular Hbond substituents is 1. The molecular weight excluding hydrogens is 463 g/mol. The van der Waals surface area contributed by atoms with Crippen molar-refractivity contribution in [3.63, 3.8) is 0 Å². The van der Waals surface area contributed by atoms with Gasteiger partial charge >= 0.3 is 5.97 Å². The second-order valence-electron chi connectivity index (χ2n) is 7.02. The maximum atomic E-state index is 13.9. The average Bonchev–Trinajstić information content (AvgIpc) is 2.73. The van der Waals surface area contributed by atoms with Gasteiger partial charge in [0.2, 0.25) is 5.95 Å². The zero-order valence-corrected chi connectivity index (χ0v) is 18.3. The number of benzene rings is 2. The number of carbonyl (C=O) groups is 1. The zero-order chi connectivity index (χ0) is 23.2. The van der Waals surface area contributed by atoms with Crippen LogP contribution in [0.25, 0.3) is 11.1 Å². The third-order valence-corrected chi connectivity index (χ3v) is 6.57. The van der Waals surface area contributed by atoms with Crippen molar-refractivity contribution in [2.75, 3.05) is 11.8 Å². The molecule has 1 aliphatic heterocycles. The van der Waals surface area contributed by atoms with Crippen LogP contribution in [0.4, 0.5) is 10.1 Å². The zero-order valence-electron chi connectivity index (χ0n) is 16.8. The van der Waals surface area contributed by atoms with Crippen LogP contribution in [0, 0.1) is 12.9 Å². The maximum Gasteiger partial charge on any atom is 0.338 e. The van der Waals surface area contributed by atoms with Gasteiger partial charge in [0.25, 0.3) is 10.0 Å². The van der Waals surface area contributed by atoms with Crippen LogP contribution < -0.4 is 9.46 Å². The number of aromatic nitrogens is 1. The lowest BCUT2D eigenvalue weighted by atomic mass is 9.99. The molecule has 4 rings (SSSR count). The van der Waals surface area contributed by atoms with Crippen LogP contribution in [-0.4, -0.2) is 31.6 Å². The largest absolute Gasteiger partial charge is 0.505 e. The number of sulfonamides is 1. The number of hydrogen-bond donors (Lipinski definition) is 2. The minimum Gasteiger partial charge on any atom is -0.505 e. The summed E-state index contributed by atoms with van der Waals surface area (Å²) >= 11 is 5.97. The summed E-state index contributed by atoms with van der Waals surface area (Å²) in [6, 6.07) is 6.33. The molecule has 32 heavy (non-hydrogen) atoms. The van der Waals surface area contributed by atoms with Crippen molar-refractivity contribution >= 4 is 33.3 Å². The quantitative estimate of drug-likeness (QED) is 0.400. The Morgan fingerprint density at radius 3 is 2.69 bits per heavy atom. The first-order valence-corrected chi connectivity index (χ1v) is 11.0. The summed E-state index contributed by atoms with van der Waals surface area (Å²) in [5.74, 6) is -2.18. The van der Waals surface area contributed by atoms with Gasteiger partial charge in [-0.25, -0.2) is 18.2 Å². The van der Waals surface area contributed by atoms with Gasteiger partial charge in [-0.15, -0.1) is 0 Å². The third kappa shape index (κ3) is 3.82. The molecular formula is C21H16ClFN2O6S. The van der Waals surface area contributed by atoms with E-state index in [0.29, 0.717) is 22.3 Å². The van der Waals surface area contributed by atoms with Crippen molar-refractivity contribution in [2.45, 2.75) is 18.4 Å². The molecule has 11 heteroatoms. The lowest BCUT2D eigenvalue weighted by molar-refractivity contribution is 0.0472. The molecule has 4 bridgehead atoms. The van der Waals surface area contributed by atoms with Crippen molar-refractivity contribution < 1.29 is 32.2 Å². The first kappa shape index (κ1) is 21.8. The molecule has 0 saturated heterocycles. The van der Waals surface area contributed by atoms with Crippen molar-refractivity contribution in [1.82, 2.24) is 4.98 Å². The maximum absolute atomic E-state index is 13.9. The lowest BCUT2D eigenvalue weighted by Gasteiger charge is -2.17. The molecule has 0 saturated carbocycles. The minimum atomic E-state index is -4.42. The standard InChI is InChI=1S/C21H16ClFN2O6S/c1-10-3-11-5-16(20(10)30-2)25-32(28,29)17-6-12(4-15(22)19(17)26)21(27)31-9-13-7-18(23)24-8-14(11)13/h3-8,25-26H,9H2,1-2H3. The number of ether oxygens (including phenoxy) is 2. The van der Waals surface area contributed by atoms with E-state index in [4.69, 9.17) is 21.1 Å². The van der Waals surface area contributed by atoms with Gasteiger partial charge in [-0.05, 0) is 42.3 Å². The summed E-state index contributed by atoms with van der Waals surface area (Å²) in [6.07, 6.45) is 1.26. The number of fused-ring (bicyclic) bond motifs is 6. The van der Waals surface area contributed by atoms with Gasteiger partial charge in [-0.1, -0.05) is 11.6 Å². The minimum absolute atomic E-state index is 0.0604. The van der Waals surface area contributed by atoms with Gasteiger partial charge in [-0.2, -0.15) is 4.39 Å². The number of hydrogen-bond acceptors (Lipinski definition) is 7. The van der Waals surface area contributed by atoms with Crippen molar-refractivity contribution in [3.05, 3.63) is 64.2 Å². The van der Waals surface area contributed by atoms with Gasteiger partial charge in [0, 0.05) is 23.4 Å². The Labute approximate surface area is 187 Å². The molecule has 0 radical (unpaired) electrons.